The first-order chi connectivity index (χ1) is 6.09. The third-order valence-corrected chi connectivity index (χ3v) is 1.72. The van der Waals surface area contributed by atoms with Gasteiger partial charge < -0.3 is 16.8 Å². The Labute approximate surface area is 76.9 Å². The number of nitrogens with two attached hydrogens (primary N) is 2. The van der Waals surface area contributed by atoms with Crippen LogP contribution < -0.4 is 16.8 Å². The third-order valence-electron chi connectivity index (χ3n) is 1.72. The zero-order valence-electron chi connectivity index (χ0n) is 7.45. The van der Waals surface area contributed by atoms with Crippen molar-refractivity contribution in [3.8, 4) is 0 Å². The predicted molar refractivity (Wildman–Crippen MR) is 53.1 cm³/mol. The largest absolute Gasteiger partial charge is 0.399 e. The molecule has 0 spiro atoms. The van der Waals surface area contributed by atoms with Crippen molar-refractivity contribution in [2.75, 3.05) is 11.1 Å². The van der Waals surface area contributed by atoms with Crippen molar-refractivity contribution in [1.82, 2.24) is 0 Å². The first-order valence-corrected chi connectivity index (χ1v) is 4.01. The van der Waals surface area contributed by atoms with E-state index >= 15 is 0 Å². The molecule has 1 aromatic carbocycles. The van der Waals surface area contributed by atoms with Crippen LogP contribution in [0.1, 0.15) is 6.92 Å². The number of nitrogen functional groups attached to an aromatic ring is 1. The van der Waals surface area contributed by atoms with Gasteiger partial charge in [0.15, 0.2) is 0 Å². The normalized spacial score (nSPS) is 12.1. The second-order valence-electron chi connectivity index (χ2n) is 2.89. The summed E-state index contributed by atoms with van der Waals surface area (Å²) in [7, 11) is 0. The van der Waals surface area contributed by atoms with E-state index in [-0.39, 0.29) is 11.9 Å². The van der Waals surface area contributed by atoms with Crippen LogP contribution in [0.5, 0.6) is 0 Å². The van der Waals surface area contributed by atoms with Gasteiger partial charge in [0.1, 0.15) is 6.04 Å². The van der Waals surface area contributed by atoms with Crippen LogP contribution in [0.25, 0.3) is 0 Å². The molecular weight excluding hydrogens is 166 g/mol. The second-order valence-corrected chi connectivity index (χ2v) is 2.89. The zero-order valence-corrected chi connectivity index (χ0v) is 7.45. The van der Waals surface area contributed by atoms with Crippen LogP contribution in [0, 0.1) is 0 Å². The fourth-order valence-corrected chi connectivity index (χ4v) is 0.900. The van der Waals surface area contributed by atoms with E-state index in [0.29, 0.717) is 5.69 Å². The Balaban J connectivity index is 2.64. The molecule has 0 aliphatic heterocycles. The van der Waals surface area contributed by atoms with E-state index in [2.05, 4.69) is 5.32 Å². The summed E-state index contributed by atoms with van der Waals surface area (Å²) in [6.07, 6.45) is 0. The number of hydrogen-bond donors (Lipinski definition) is 3. The Kier molecular flexibility index (Phi) is 2.74. The number of nitrogens with one attached hydrogen (secondary N) is 1. The number of rotatable bonds is 3. The standard InChI is InChI=1S/C9H13N3O/c1-6(9(11)13)12-8-4-2-7(10)3-5-8/h2-6,12H,10H2,1H3,(H2,11,13)/t6-/m0/s1. The molecule has 0 radical (unpaired) electrons. The highest BCUT2D eigenvalue weighted by atomic mass is 16.1. The molecule has 4 heteroatoms. The molecule has 0 aliphatic rings. The van der Waals surface area contributed by atoms with E-state index in [9.17, 15) is 4.79 Å². The topological polar surface area (TPSA) is 81.1 Å². The van der Waals surface area contributed by atoms with Crippen molar-refractivity contribution < 1.29 is 4.79 Å². The summed E-state index contributed by atoms with van der Waals surface area (Å²) < 4.78 is 0. The molecule has 0 unspecified atom stereocenters. The third kappa shape index (κ3) is 2.66. The summed E-state index contributed by atoms with van der Waals surface area (Å²) in [6, 6.07) is 6.75. The Bertz CT molecular complexity index is 294. The molecule has 0 saturated carbocycles. The van der Waals surface area contributed by atoms with Crippen LogP contribution in [-0.4, -0.2) is 11.9 Å². The number of carbonyl (C=O) groups is 1. The molecule has 1 amide bonds. The fourth-order valence-electron chi connectivity index (χ4n) is 0.900. The zero-order chi connectivity index (χ0) is 9.84. The number of primary amides is 1. The van der Waals surface area contributed by atoms with E-state index in [1.165, 1.54) is 0 Å². The SMILES string of the molecule is C[C@H](Nc1ccc(N)cc1)C(N)=O. The first-order valence-electron chi connectivity index (χ1n) is 4.01. The van der Waals surface area contributed by atoms with Gasteiger partial charge in [-0.2, -0.15) is 0 Å². The minimum atomic E-state index is -0.378. The average molecular weight is 179 g/mol. The number of amides is 1. The molecule has 1 rings (SSSR count). The van der Waals surface area contributed by atoms with Gasteiger partial charge in [0, 0.05) is 11.4 Å². The predicted octanol–water partition coefficient (Wildman–Crippen LogP) is 0.554. The van der Waals surface area contributed by atoms with Crippen LogP contribution in [0.3, 0.4) is 0 Å². The minimum absolute atomic E-state index is 0.372. The Morgan fingerprint density at radius 3 is 2.38 bits per heavy atom. The fraction of sp³-hybridized carbons (Fsp3) is 0.222. The molecule has 0 heterocycles. The van der Waals surface area contributed by atoms with E-state index < -0.39 is 0 Å². The minimum Gasteiger partial charge on any atom is -0.399 e. The Morgan fingerprint density at radius 2 is 1.92 bits per heavy atom. The molecule has 5 N–H and O–H groups in total. The highest BCUT2D eigenvalue weighted by Crippen LogP contribution is 2.11. The number of hydrogen-bond acceptors (Lipinski definition) is 3. The molecule has 0 bridgehead atoms. The van der Waals surface area contributed by atoms with Crippen molar-refractivity contribution in [3.63, 3.8) is 0 Å². The van der Waals surface area contributed by atoms with Crippen LogP contribution in [-0.2, 0) is 4.79 Å². The van der Waals surface area contributed by atoms with E-state index in [4.69, 9.17) is 11.5 Å². The lowest BCUT2D eigenvalue weighted by molar-refractivity contribution is -0.118. The molecule has 0 aromatic heterocycles. The quantitative estimate of drug-likeness (QED) is 0.593. The summed E-state index contributed by atoms with van der Waals surface area (Å²) in [6.45, 7) is 1.71. The van der Waals surface area contributed by atoms with Crippen molar-refractivity contribution in [2.24, 2.45) is 5.73 Å². The molecule has 1 atom stereocenters. The van der Waals surface area contributed by atoms with E-state index in [1.54, 1.807) is 31.2 Å². The van der Waals surface area contributed by atoms with Gasteiger partial charge in [-0.25, -0.2) is 0 Å². The summed E-state index contributed by atoms with van der Waals surface area (Å²) in [5.41, 5.74) is 12.1. The van der Waals surface area contributed by atoms with Gasteiger partial charge in [0.2, 0.25) is 5.91 Å². The van der Waals surface area contributed by atoms with Crippen molar-refractivity contribution in [2.45, 2.75) is 13.0 Å². The Morgan fingerprint density at radius 1 is 1.38 bits per heavy atom. The van der Waals surface area contributed by atoms with Gasteiger partial charge in [-0.1, -0.05) is 0 Å². The molecule has 70 valence electrons. The second kappa shape index (κ2) is 3.80. The van der Waals surface area contributed by atoms with Gasteiger partial charge >= 0.3 is 0 Å². The van der Waals surface area contributed by atoms with Gasteiger partial charge in [-0.05, 0) is 31.2 Å². The molecule has 0 fully saturated rings. The highest BCUT2D eigenvalue weighted by Gasteiger charge is 2.06. The van der Waals surface area contributed by atoms with Gasteiger partial charge in [0.25, 0.3) is 0 Å². The number of carbonyl (C=O) groups excluding carboxylic acids is 1. The van der Waals surface area contributed by atoms with Crippen LogP contribution in [0.2, 0.25) is 0 Å². The van der Waals surface area contributed by atoms with Crippen molar-refractivity contribution in [1.29, 1.82) is 0 Å². The lowest BCUT2D eigenvalue weighted by Crippen LogP contribution is -2.32. The summed E-state index contributed by atoms with van der Waals surface area (Å²) >= 11 is 0. The molecule has 4 nitrogen and oxygen atoms in total. The summed E-state index contributed by atoms with van der Waals surface area (Å²) in [4.78, 5) is 10.7. The summed E-state index contributed by atoms with van der Waals surface area (Å²) in [5, 5.41) is 2.94. The van der Waals surface area contributed by atoms with Gasteiger partial charge in [0.05, 0.1) is 0 Å². The first kappa shape index (κ1) is 9.38. The van der Waals surface area contributed by atoms with Crippen LogP contribution in [0.4, 0.5) is 11.4 Å². The van der Waals surface area contributed by atoms with E-state index in [1.807, 2.05) is 0 Å². The maximum Gasteiger partial charge on any atom is 0.239 e. The Hall–Kier alpha value is -1.71. The van der Waals surface area contributed by atoms with E-state index in [0.717, 1.165) is 5.69 Å². The highest BCUT2D eigenvalue weighted by molar-refractivity contribution is 5.82. The van der Waals surface area contributed by atoms with Crippen LogP contribution in [0.15, 0.2) is 24.3 Å². The van der Waals surface area contributed by atoms with Crippen molar-refractivity contribution in [3.05, 3.63) is 24.3 Å². The number of anilines is 2. The van der Waals surface area contributed by atoms with Gasteiger partial charge in [-0.3, -0.25) is 4.79 Å². The number of benzene rings is 1. The maximum atomic E-state index is 10.7. The summed E-state index contributed by atoms with van der Waals surface area (Å²) in [5.74, 6) is -0.378. The lowest BCUT2D eigenvalue weighted by atomic mass is 10.2. The molecule has 1 aromatic rings. The monoisotopic (exact) mass is 179 g/mol. The molecule has 13 heavy (non-hydrogen) atoms. The lowest BCUT2D eigenvalue weighted by Gasteiger charge is -2.11. The maximum absolute atomic E-state index is 10.7. The molecule has 0 aliphatic carbocycles. The molecular formula is C9H13N3O. The average Bonchev–Trinajstić information content (AvgIpc) is 2.08. The van der Waals surface area contributed by atoms with Crippen molar-refractivity contribution >= 4 is 17.3 Å². The van der Waals surface area contributed by atoms with Gasteiger partial charge in [-0.15, -0.1) is 0 Å². The van der Waals surface area contributed by atoms with Crippen LogP contribution >= 0.6 is 0 Å². The smallest absolute Gasteiger partial charge is 0.239 e. The molecule has 0 saturated heterocycles.